The Kier molecular flexibility index (Phi) is 4.76. The number of aliphatic hydroxyl groups excluding tert-OH is 1. The first kappa shape index (κ1) is 14.3. The molecule has 0 spiro atoms. The van der Waals surface area contributed by atoms with E-state index >= 15 is 0 Å². The van der Waals surface area contributed by atoms with Crippen molar-refractivity contribution in [1.29, 1.82) is 0 Å². The average Bonchev–Trinajstić information content (AvgIpc) is 2.97. The van der Waals surface area contributed by atoms with Crippen molar-refractivity contribution in [2.24, 2.45) is 0 Å². The first-order chi connectivity index (χ1) is 9.11. The lowest BCUT2D eigenvalue weighted by atomic mass is 10.1. The van der Waals surface area contributed by atoms with Gasteiger partial charge in [0.25, 0.3) is 5.91 Å². The first-order valence-corrected chi connectivity index (χ1v) is 7.62. The molecule has 2 heterocycles. The summed E-state index contributed by atoms with van der Waals surface area (Å²) in [6.07, 6.45) is 3.93. The molecule has 5 nitrogen and oxygen atoms in total. The number of likely N-dealkylation sites (tertiary alicyclic amines) is 1. The van der Waals surface area contributed by atoms with E-state index in [1.54, 1.807) is 13.1 Å². The summed E-state index contributed by atoms with van der Waals surface area (Å²) in [5.74, 6) is 0.0461. The topological polar surface area (TPSA) is 65.5 Å². The fraction of sp³-hybridized carbons (Fsp3) is 0.692. The van der Waals surface area contributed by atoms with Crippen LogP contribution in [0.25, 0.3) is 0 Å². The van der Waals surface area contributed by atoms with Crippen molar-refractivity contribution in [3.05, 3.63) is 11.1 Å². The third-order valence-electron chi connectivity index (χ3n) is 3.30. The SMILES string of the molecule is CCNc1ncc(C(=O)N2CCCC2CC(C)O)s1. The monoisotopic (exact) mass is 283 g/mol. The van der Waals surface area contributed by atoms with Gasteiger partial charge in [-0.1, -0.05) is 11.3 Å². The minimum Gasteiger partial charge on any atom is -0.393 e. The highest BCUT2D eigenvalue weighted by Gasteiger charge is 2.31. The van der Waals surface area contributed by atoms with Gasteiger partial charge in [-0.3, -0.25) is 4.79 Å². The largest absolute Gasteiger partial charge is 0.393 e. The Morgan fingerprint density at radius 1 is 1.74 bits per heavy atom. The van der Waals surface area contributed by atoms with Gasteiger partial charge in [0, 0.05) is 19.1 Å². The Labute approximate surface area is 117 Å². The summed E-state index contributed by atoms with van der Waals surface area (Å²) in [6, 6.07) is 0.164. The number of hydrogen-bond acceptors (Lipinski definition) is 5. The van der Waals surface area contributed by atoms with Crippen molar-refractivity contribution in [2.45, 2.75) is 45.3 Å². The van der Waals surface area contributed by atoms with Gasteiger partial charge < -0.3 is 15.3 Å². The van der Waals surface area contributed by atoms with Crippen LogP contribution in [0.1, 0.15) is 42.8 Å². The molecule has 0 saturated carbocycles. The molecule has 0 aromatic carbocycles. The summed E-state index contributed by atoms with van der Waals surface area (Å²) in [6.45, 7) is 5.36. The Bertz CT molecular complexity index is 433. The second-order valence-electron chi connectivity index (χ2n) is 4.94. The maximum Gasteiger partial charge on any atom is 0.265 e. The van der Waals surface area contributed by atoms with Crippen LogP contribution in [-0.2, 0) is 0 Å². The van der Waals surface area contributed by atoms with E-state index in [2.05, 4.69) is 10.3 Å². The predicted octanol–water partition coefficient (Wildman–Crippen LogP) is 1.95. The number of anilines is 1. The molecule has 2 rings (SSSR count). The van der Waals surface area contributed by atoms with E-state index in [0.717, 1.165) is 31.1 Å². The van der Waals surface area contributed by atoms with Gasteiger partial charge in [-0.15, -0.1) is 0 Å². The zero-order valence-electron chi connectivity index (χ0n) is 11.4. The Morgan fingerprint density at radius 2 is 2.53 bits per heavy atom. The van der Waals surface area contributed by atoms with Crippen LogP contribution in [0, 0.1) is 0 Å². The van der Waals surface area contributed by atoms with Crippen LogP contribution in [-0.4, -0.2) is 46.1 Å². The van der Waals surface area contributed by atoms with Crippen LogP contribution in [0.4, 0.5) is 5.13 Å². The van der Waals surface area contributed by atoms with E-state index in [-0.39, 0.29) is 18.1 Å². The number of rotatable bonds is 5. The molecule has 2 N–H and O–H groups in total. The van der Waals surface area contributed by atoms with Crippen LogP contribution < -0.4 is 5.32 Å². The summed E-state index contributed by atoms with van der Waals surface area (Å²) in [4.78, 5) is 19.2. The fourth-order valence-corrected chi connectivity index (χ4v) is 3.33. The van der Waals surface area contributed by atoms with Crippen LogP contribution in [0.3, 0.4) is 0 Å². The smallest absolute Gasteiger partial charge is 0.265 e. The number of nitrogens with zero attached hydrogens (tertiary/aromatic N) is 2. The molecule has 1 aromatic heterocycles. The van der Waals surface area contributed by atoms with Crippen molar-refractivity contribution in [3.63, 3.8) is 0 Å². The lowest BCUT2D eigenvalue weighted by Crippen LogP contribution is -2.36. The standard InChI is InChI=1S/C13H21N3O2S/c1-3-14-13-15-8-11(19-13)12(18)16-6-4-5-10(16)7-9(2)17/h8-10,17H,3-7H2,1-2H3,(H,14,15). The second-order valence-corrected chi connectivity index (χ2v) is 5.97. The van der Waals surface area contributed by atoms with Gasteiger partial charge >= 0.3 is 0 Å². The Hall–Kier alpha value is -1.14. The highest BCUT2D eigenvalue weighted by atomic mass is 32.1. The molecule has 1 aliphatic rings. The van der Waals surface area contributed by atoms with E-state index in [9.17, 15) is 9.90 Å². The maximum absolute atomic E-state index is 12.4. The number of thiazole rings is 1. The molecular weight excluding hydrogens is 262 g/mol. The zero-order chi connectivity index (χ0) is 13.8. The van der Waals surface area contributed by atoms with Crippen molar-refractivity contribution in [1.82, 2.24) is 9.88 Å². The molecule has 0 bridgehead atoms. The van der Waals surface area contributed by atoms with Gasteiger partial charge in [0.05, 0.1) is 12.3 Å². The minimum absolute atomic E-state index is 0.0461. The van der Waals surface area contributed by atoms with Gasteiger partial charge in [0.2, 0.25) is 0 Å². The Balaban J connectivity index is 2.04. The lowest BCUT2D eigenvalue weighted by Gasteiger charge is -2.25. The quantitative estimate of drug-likeness (QED) is 0.867. The summed E-state index contributed by atoms with van der Waals surface area (Å²) in [5.41, 5.74) is 0. The van der Waals surface area contributed by atoms with Gasteiger partial charge in [-0.25, -0.2) is 4.98 Å². The number of nitrogens with one attached hydrogen (secondary N) is 1. The first-order valence-electron chi connectivity index (χ1n) is 6.80. The number of aromatic nitrogens is 1. The molecule has 1 saturated heterocycles. The highest BCUT2D eigenvalue weighted by molar-refractivity contribution is 7.17. The van der Waals surface area contributed by atoms with Crippen molar-refractivity contribution in [2.75, 3.05) is 18.4 Å². The van der Waals surface area contributed by atoms with Crippen LogP contribution >= 0.6 is 11.3 Å². The number of amides is 1. The summed E-state index contributed by atoms with van der Waals surface area (Å²) < 4.78 is 0. The molecule has 1 aromatic rings. The molecule has 19 heavy (non-hydrogen) atoms. The van der Waals surface area contributed by atoms with Crippen LogP contribution in [0.15, 0.2) is 6.20 Å². The number of carbonyl (C=O) groups excluding carboxylic acids is 1. The predicted molar refractivity (Wildman–Crippen MR) is 76.6 cm³/mol. The van der Waals surface area contributed by atoms with Gasteiger partial charge in [0.15, 0.2) is 5.13 Å². The van der Waals surface area contributed by atoms with Crippen molar-refractivity contribution >= 4 is 22.4 Å². The second kappa shape index (κ2) is 6.34. The molecule has 0 aliphatic carbocycles. The molecule has 0 radical (unpaired) electrons. The van der Waals surface area contributed by atoms with Gasteiger partial charge in [-0.2, -0.15) is 0 Å². The van der Waals surface area contributed by atoms with Gasteiger partial charge in [0.1, 0.15) is 4.88 Å². The van der Waals surface area contributed by atoms with E-state index in [0.29, 0.717) is 11.3 Å². The summed E-state index contributed by atoms with van der Waals surface area (Å²) in [7, 11) is 0. The molecule has 1 fully saturated rings. The number of carbonyl (C=O) groups is 1. The number of hydrogen-bond donors (Lipinski definition) is 2. The molecule has 6 heteroatoms. The Morgan fingerprint density at radius 3 is 3.21 bits per heavy atom. The highest BCUT2D eigenvalue weighted by Crippen LogP contribution is 2.26. The van der Waals surface area contributed by atoms with Crippen LogP contribution in [0.5, 0.6) is 0 Å². The van der Waals surface area contributed by atoms with E-state index in [4.69, 9.17) is 0 Å². The fourth-order valence-electron chi connectivity index (χ4n) is 2.49. The molecule has 2 atom stereocenters. The van der Waals surface area contributed by atoms with Crippen molar-refractivity contribution < 1.29 is 9.90 Å². The molecule has 2 unspecified atom stereocenters. The van der Waals surface area contributed by atoms with E-state index in [1.807, 2.05) is 11.8 Å². The summed E-state index contributed by atoms with van der Waals surface area (Å²) in [5, 5.41) is 13.4. The third-order valence-corrected chi connectivity index (χ3v) is 4.24. The molecule has 106 valence electrons. The van der Waals surface area contributed by atoms with Gasteiger partial charge in [-0.05, 0) is 33.1 Å². The third kappa shape index (κ3) is 3.45. The van der Waals surface area contributed by atoms with Crippen LogP contribution in [0.2, 0.25) is 0 Å². The zero-order valence-corrected chi connectivity index (χ0v) is 12.2. The van der Waals surface area contributed by atoms with E-state index < -0.39 is 0 Å². The molecule has 1 amide bonds. The van der Waals surface area contributed by atoms with Crippen molar-refractivity contribution in [3.8, 4) is 0 Å². The normalized spacial score (nSPS) is 20.6. The number of aliphatic hydroxyl groups is 1. The maximum atomic E-state index is 12.4. The molecule has 1 aliphatic heterocycles. The summed E-state index contributed by atoms with van der Waals surface area (Å²) >= 11 is 1.40. The van der Waals surface area contributed by atoms with E-state index in [1.165, 1.54) is 11.3 Å². The molecular formula is C13H21N3O2S. The lowest BCUT2D eigenvalue weighted by molar-refractivity contribution is 0.0686. The average molecular weight is 283 g/mol. The minimum atomic E-state index is -0.364.